The fourth-order valence-electron chi connectivity index (χ4n) is 2.39. The number of carbonyl (C=O) groups excluding carboxylic acids is 1. The highest BCUT2D eigenvalue weighted by atomic mass is 127. The molecule has 0 saturated carbocycles. The highest BCUT2D eigenvalue weighted by Crippen LogP contribution is 2.34. The van der Waals surface area contributed by atoms with Crippen molar-refractivity contribution in [3.63, 3.8) is 0 Å². The van der Waals surface area contributed by atoms with E-state index in [1.54, 1.807) is 6.07 Å². The summed E-state index contributed by atoms with van der Waals surface area (Å²) in [5.41, 5.74) is 3.59. The lowest BCUT2D eigenvalue weighted by molar-refractivity contribution is 0.102. The summed E-state index contributed by atoms with van der Waals surface area (Å²) in [5, 5.41) is 2.99. The van der Waals surface area contributed by atoms with E-state index in [4.69, 9.17) is 9.47 Å². The fourth-order valence-corrected chi connectivity index (χ4v) is 3.14. The minimum absolute atomic E-state index is 0.158. The topological polar surface area (TPSA) is 47.6 Å². The molecule has 0 unspecified atom stereocenters. The van der Waals surface area contributed by atoms with Crippen molar-refractivity contribution in [3.8, 4) is 11.5 Å². The van der Waals surface area contributed by atoms with Crippen molar-refractivity contribution in [1.82, 2.24) is 0 Å². The van der Waals surface area contributed by atoms with Gasteiger partial charge in [-0.15, -0.1) is 0 Å². The number of halogens is 1. The molecule has 2 aromatic carbocycles. The Labute approximate surface area is 163 Å². The Hall–Kier alpha value is -1.76. The molecule has 0 heterocycles. The highest BCUT2D eigenvalue weighted by molar-refractivity contribution is 14.1. The molecular formula is C20H24INO3. The lowest BCUT2D eigenvalue weighted by atomic mass is 10.1. The van der Waals surface area contributed by atoms with Crippen LogP contribution in [0.25, 0.3) is 0 Å². The molecule has 0 bridgehead atoms. The molecule has 0 aliphatic heterocycles. The van der Waals surface area contributed by atoms with Crippen molar-refractivity contribution in [2.45, 2.75) is 34.1 Å². The van der Waals surface area contributed by atoms with Crippen LogP contribution in [0.4, 0.5) is 5.69 Å². The van der Waals surface area contributed by atoms with E-state index in [0.717, 1.165) is 26.8 Å². The second kappa shape index (κ2) is 9.08. The van der Waals surface area contributed by atoms with Crippen molar-refractivity contribution < 1.29 is 14.3 Å². The van der Waals surface area contributed by atoms with Gasteiger partial charge in [0.1, 0.15) is 0 Å². The molecule has 0 radical (unpaired) electrons. The van der Waals surface area contributed by atoms with Crippen LogP contribution >= 0.6 is 22.6 Å². The minimum Gasteiger partial charge on any atom is -0.490 e. The SMILES string of the molecule is CCCOc1c(I)cc(C(=O)Nc2cccc(C)c2C)cc1OCC. The van der Waals surface area contributed by atoms with Crippen LogP contribution in [0.2, 0.25) is 0 Å². The minimum atomic E-state index is -0.158. The van der Waals surface area contributed by atoms with Gasteiger partial charge in [-0.2, -0.15) is 0 Å². The maximum atomic E-state index is 12.7. The number of amides is 1. The molecule has 0 spiro atoms. The Bertz CT molecular complexity index is 759. The van der Waals surface area contributed by atoms with Gasteiger partial charge in [-0.3, -0.25) is 4.79 Å². The van der Waals surface area contributed by atoms with E-state index in [1.165, 1.54) is 0 Å². The van der Waals surface area contributed by atoms with Crippen molar-refractivity contribution in [1.29, 1.82) is 0 Å². The van der Waals surface area contributed by atoms with Crippen molar-refractivity contribution in [2.75, 3.05) is 18.5 Å². The molecule has 0 saturated heterocycles. The van der Waals surface area contributed by atoms with Crippen molar-refractivity contribution in [2.24, 2.45) is 0 Å². The first-order chi connectivity index (χ1) is 12.0. The van der Waals surface area contributed by atoms with Crippen molar-refractivity contribution >= 4 is 34.2 Å². The number of hydrogen-bond donors (Lipinski definition) is 1. The maximum absolute atomic E-state index is 12.7. The third-order valence-corrected chi connectivity index (χ3v) is 4.68. The van der Waals surface area contributed by atoms with Gasteiger partial charge in [0.05, 0.1) is 16.8 Å². The van der Waals surface area contributed by atoms with E-state index in [0.29, 0.717) is 30.3 Å². The van der Waals surface area contributed by atoms with Gasteiger partial charge < -0.3 is 14.8 Å². The van der Waals surface area contributed by atoms with E-state index in [9.17, 15) is 4.79 Å². The van der Waals surface area contributed by atoms with Gasteiger partial charge in [-0.25, -0.2) is 0 Å². The molecule has 4 nitrogen and oxygen atoms in total. The van der Waals surface area contributed by atoms with Gasteiger partial charge in [-0.05, 0) is 79.1 Å². The quantitative estimate of drug-likeness (QED) is 0.576. The van der Waals surface area contributed by atoms with Crippen LogP contribution in [0.15, 0.2) is 30.3 Å². The second-order valence-corrected chi connectivity index (χ2v) is 6.93. The van der Waals surface area contributed by atoms with E-state index in [1.807, 2.05) is 45.0 Å². The molecule has 25 heavy (non-hydrogen) atoms. The van der Waals surface area contributed by atoms with Gasteiger partial charge in [0, 0.05) is 11.3 Å². The average molecular weight is 453 g/mol. The molecule has 0 atom stereocenters. The van der Waals surface area contributed by atoms with E-state index >= 15 is 0 Å². The normalized spacial score (nSPS) is 10.4. The summed E-state index contributed by atoms with van der Waals surface area (Å²) in [6, 6.07) is 9.45. The molecule has 134 valence electrons. The highest BCUT2D eigenvalue weighted by Gasteiger charge is 2.16. The standard InChI is InChI=1S/C20H24INO3/c1-5-10-25-19-16(21)11-15(12-18(19)24-6-2)20(23)22-17-9-7-8-13(3)14(17)4/h7-9,11-12H,5-6,10H2,1-4H3,(H,22,23). The summed E-state index contributed by atoms with van der Waals surface area (Å²) in [5.74, 6) is 1.15. The summed E-state index contributed by atoms with van der Waals surface area (Å²) in [7, 11) is 0. The largest absolute Gasteiger partial charge is 0.490 e. The zero-order valence-corrected chi connectivity index (χ0v) is 17.3. The van der Waals surface area contributed by atoms with E-state index in [-0.39, 0.29) is 5.91 Å². The number of anilines is 1. The number of nitrogens with one attached hydrogen (secondary N) is 1. The van der Waals surface area contributed by atoms with Gasteiger partial charge in [-0.1, -0.05) is 19.1 Å². The number of hydrogen-bond acceptors (Lipinski definition) is 3. The monoisotopic (exact) mass is 453 g/mol. The Kier molecular flexibility index (Phi) is 7.11. The number of carbonyl (C=O) groups is 1. The molecule has 2 aromatic rings. The summed E-state index contributed by atoms with van der Waals surface area (Å²) >= 11 is 2.18. The molecule has 0 fully saturated rings. The fraction of sp³-hybridized carbons (Fsp3) is 0.350. The molecule has 2 rings (SSSR count). The predicted octanol–water partition coefficient (Wildman–Crippen LogP) is 5.35. The Balaban J connectivity index is 2.31. The zero-order chi connectivity index (χ0) is 18.4. The van der Waals surface area contributed by atoms with Gasteiger partial charge in [0.15, 0.2) is 11.5 Å². The third-order valence-electron chi connectivity index (χ3n) is 3.87. The van der Waals surface area contributed by atoms with E-state index in [2.05, 4.69) is 34.8 Å². The Morgan fingerprint density at radius 1 is 1.16 bits per heavy atom. The third kappa shape index (κ3) is 4.87. The lowest BCUT2D eigenvalue weighted by Gasteiger charge is -2.16. The van der Waals surface area contributed by atoms with Crippen LogP contribution in [0.1, 0.15) is 41.8 Å². The molecule has 0 aliphatic rings. The molecule has 0 aliphatic carbocycles. The predicted molar refractivity (Wildman–Crippen MR) is 110 cm³/mol. The van der Waals surface area contributed by atoms with Crippen LogP contribution in [0.5, 0.6) is 11.5 Å². The first-order valence-electron chi connectivity index (χ1n) is 8.44. The molecule has 1 amide bonds. The van der Waals surface area contributed by atoms with Crippen molar-refractivity contribution in [3.05, 3.63) is 50.6 Å². The average Bonchev–Trinajstić information content (AvgIpc) is 2.58. The zero-order valence-electron chi connectivity index (χ0n) is 15.1. The number of ether oxygens (including phenoxy) is 2. The lowest BCUT2D eigenvalue weighted by Crippen LogP contribution is -2.14. The summed E-state index contributed by atoms with van der Waals surface area (Å²) in [6.07, 6.45) is 0.913. The number of aryl methyl sites for hydroxylation is 1. The number of rotatable bonds is 7. The first kappa shape index (κ1) is 19.6. The summed E-state index contributed by atoms with van der Waals surface area (Å²) < 4.78 is 12.3. The van der Waals surface area contributed by atoms with Crippen LogP contribution in [-0.4, -0.2) is 19.1 Å². The maximum Gasteiger partial charge on any atom is 0.255 e. The van der Waals surface area contributed by atoms with Gasteiger partial charge in [0.25, 0.3) is 5.91 Å². The molecule has 0 aromatic heterocycles. The summed E-state index contributed by atoms with van der Waals surface area (Å²) in [4.78, 5) is 12.7. The van der Waals surface area contributed by atoms with Crippen LogP contribution in [-0.2, 0) is 0 Å². The van der Waals surface area contributed by atoms with Crippen LogP contribution in [0.3, 0.4) is 0 Å². The van der Waals surface area contributed by atoms with Crippen LogP contribution < -0.4 is 14.8 Å². The Morgan fingerprint density at radius 2 is 1.92 bits per heavy atom. The van der Waals surface area contributed by atoms with Gasteiger partial charge >= 0.3 is 0 Å². The second-order valence-electron chi connectivity index (χ2n) is 5.77. The Morgan fingerprint density at radius 3 is 2.60 bits per heavy atom. The number of benzene rings is 2. The smallest absolute Gasteiger partial charge is 0.255 e. The molecule has 5 heteroatoms. The van der Waals surface area contributed by atoms with Gasteiger partial charge in [0.2, 0.25) is 0 Å². The summed E-state index contributed by atoms with van der Waals surface area (Å²) in [6.45, 7) is 9.13. The first-order valence-corrected chi connectivity index (χ1v) is 9.52. The van der Waals surface area contributed by atoms with E-state index < -0.39 is 0 Å². The molecule has 1 N–H and O–H groups in total. The van der Waals surface area contributed by atoms with Crippen LogP contribution in [0, 0.1) is 17.4 Å². The molecular weight excluding hydrogens is 429 g/mol.